The highest BCUT2D eigenvalue weighted by Gasteiger charge is 2.37. The minimum Gasteiger partial charge on any atom is -0.508 e. The Morgan fingerprint density at radius 2 is 1.57 bits per heavy atom. The summed E-state index contributed by atoms with van der Waals surface area (Å²) in [5.41, 5.74) is 2.21. The number of carbonyl (C=O) groups excluding carboxylic acids is 1. The Bertz CT molecular complexity index is 767. The van der Waals surface area contributed by atoms with E-state index in [0.29, 0.717) is 26.3 Å². The van der Waals surface area contributed by atoms with E-state index in [1.54, 1.807) is 12.1 Å². The van der Waals surface area contributed by atoms with E-state index in [1.165, 1.54) is 4.90 Å². The van der Waals surface area contributed by atoms with Crippen LogP contribution in [0.2, 0.25) is 0 Å². The lowest BCUT2D eigenvalue weighted by atomic mass is 10.0. The molecule has 0 bridgehead atoms. The van der Waals surface area contributed by atoms with Gasteiger partial charge in [0.1, 0.15) is 5.75 Å². The normalized spacial score (nSPS) is 19.4. The third-order valence-corrected chi connectivity index (χ3v) is 5.73. The average molecular weight is 382 g/mol. The molecule has 6 nitrogen and oxygen atoms in total. The molecule has 0 aromatic heterocycles. The predicted molar refractivity (Wildman–Crippen MR) is 108 cm³/mol. The van der Waals surface area contributed by atoms with Gasteiger partial charge >= 0.3 is 0 Å². The zero-order valence-corrected chi connectivity index (χ0v) is 16.1. The molecule has 2 aliphatic heterocycles. The van der Waals surface area contributed by atoms with Gasteiger partial charge in [-0.3, -0.25) is 4.79 Å². The first-order valence-electron chi connectivity index (χ1n) is 10.0. The Balaban J connectivity index is 1.49. The van der Waals surface area contributed by atoms with Gasteiger partial charge in [-0.2, -0.15) is 0 Å². The fraction of sp³-hybridized carbons (Fsp3) is 0.409. The number of phenolic OH excluding ortho intramolecular Hbond substituents is 1. The first kappa shape index (κ1) is 18.8. The molecule has 2 heterocycles. The van der Waals surface area contributed by atoms with E-state index in [4.69, 9.17) is 4.74 Å². The number of morpholine rings is 1. The van der Waals surface area contributed by atoms with Gasteiger partial charge in [-0.1, -0.05) is 30.3 Å². The molecule has 1 amide bonds. The van der Waals surface area contributed by atoms with Crippen LogP contribution >= 0.6 is 0 Å². The minimum atomic E-state index is -0.165. The molecular weight excluding hydrogens is 354 g/mol. The molecule has 2 fully saturated rings. The molecule has 2 N–H and O–H groups in total. The number of nitrogens with one attached hydrogen (secondary N) is 1. The Hall–Kier alpha value is -2.57. The molecule has 0 radical (unpaired) electrons. The van der Waals surface area contributed by atoms with Gasteiger partial charge in [0.15, 0.2) is 6.04 Å². The summed E-state index contributed by atoms with van der Waals surface area (Å²) in [4.78, 5) is 19.0. The molecule has 4 rings (SSSR count). The summed E-state index contributed by atoms with van der Waals surface area (Å²) in [7, 11) is 0. The van der Waals surface area contributed by atoms with Gasteiger partial charge in [0.05, 0.1) is 39.4 Å². The van der Waals surface area contributed by atoms with Crippen molar-refractivity contribution in [2.45, 2.75) is 6.04 Å². The third-order valence-electron chi connectivity index (χ3n) is 5.73. The number of ether oxygens (including phenoxy) is 1. The quantitative estimate of drug-likeness (QED) is 0.817. The summed E-state index contributed by atoms with van der Waals surface area (Å²) < 4.78 is 5.43. The molecular formula is C22H28N3O3+. The molecule has 2 aliphatic rings. The second-order valence-electron chi connectivity index (χ2n) is 7.44. The first-order chi connectivity index (χ1) is 13.7. The van der Waals surface area contributed by atoms with E-state index < -0.39 is 0 Å². The van der Waals surface area contributed by atoms with Crippen molar-refractivity contribution in [3.8, 4) is 5.75 Å². The van der Waals surface area contributed by atoms with Gasteiger partial charge in [0.25, 0.3) is 5.91 Å². The maximum Gasteiger partial charge on any atom is 0.285 e. The number of piperazine rings is 1. The standard InChI is InChI=1S/C22H27N3O3/c26-20-8-6-19(7-9-20)23-10-12-24(13-11-23)21(18-4-2-1-3-5-18)22(27)25-14-16-28-17-15-25/h1-9,21,26H,10-17H2/p+1/t21-/m1/s1. The van der Waals surface area contributed by atoms with Crippen LogP contribution in [0, 0.1) is 0 Å². The third kappa shape index (κ3) is 4.13. The summed E-state index contributed by atoms with van der Waals surface area (Å²) >= 11 is 0. The molecule has 0 saturated carbocycles. The molecule has 2 saturated heterocycles. The number of amides is 1. The smallest absolute Gasteiger partial charge is 0.285 e. The van der Waals surface area contributed by atoms with E-state index in [9.17, 15) is 9.90 Å². The molecule has 1 atom stereocenters. The summed E-state index contributed by atoms with van der Waals surface area (Å²) in [6.07, 6.45) is 0. The number of hydrogen-bond donors (Lipinski definition) is 2. The van der Waals surface area contributed by atoms with E-state index in [0.717, 1.165) is 37.4 Å². The van der Waals surface area contributed by atoms with Gasteiger partial charge in [-0.15, -0.1) is 0 Å². The van der Waals surface area contributed by atoms with Crippen LogP contribution in [0.15, 0.2) is 54.6 Å². The summed E-state index contributed by atoms with van der Waals surface area (Å²) in [6.45, 7) is 6.17. The lowest BCUT2D eigenvalue weighted by molar-refractivity contribution is -0.923. The topological polar surface area (TPSA) is 57.5 Å². The number of hydrogen-bond acceptors (Lipinski definition) is 4. The van der Waals surface area contributed by atoms with Crippen LogP contribution in [-0.4, -0.2) is 68.4 Å². The number of nitrogens with zero attached hydrogens (tertiary/aromatic N) is 2. The van der Waals surface area contributed by atoms with Gasteiger partial charge in [0.2, 0.25) is 0 Å². The maximum atomic E-state index is 13.4. The minimum absolute atomic E-state index is 0.165. The van der Waals surface area contributed by atoms with E-state index in [2.05, 4.69) is 17.0 Å². The number of phenols is 1. The number of carbonyl (C=O) groups is 1. The second-order valence-corrected chi connectivity index (χ2v) is 7.44. The highest BCUT2D eigenvalue weighted by atomic mass is 16.5. The highest BCUT2D eigenvalue weighted by Crippen LogP contribution is 2.19. The maximum absolute atomic E-state index is 13.4. The molecule has 28 heavy (non-hydrogen) atoms. The van der Waals surface area contributed by atoms with Crippen LogP contribution < -0.4 is 9.80 Å². The van der Waals surface area contributed by atoms with E-state index in [1.807, 2.05) is 35.2 Å². The predicted octanol–water partition coefficient (Wildman–Crippen LogP) is 0.697. The second kappa shape index (κ2) is 8.63. The molecule has 0 unspecified atom stereocenters. The van der Waals surface area contributed by atoms with Crippen LogP contribution in [0.25, 0.3) is 0 Å². The van der Waals surface area contributed by atoms with Gasteiger partial charge in [-0.25, -0.2) is 0 Å². The zero-order valence-electron chi connectivity index (χ0n) is 16.1. The Kier molecular flexibility index (Phi) is 5.78. The number of rotatable bonds is 4. The average Bonchev–Trinajstić information content (AvgIpc) is 2.76. The van der Waals surface area contributed by atoms with Crippen molar-refractivity contribution in [2.24, 2.45) is 0 Å². The zero-order chi connectivity index (χ0) is 19.3. The van der Waals surface area contributed by atoms with Crippen LogP contribution in [0.4, 0.5) is 5.69 Å². The molecule has 6 heteroatoms. The first-order valence-corrected chi connectivity index (χ1v) is 10.0. The van der Waals surface area contributed by atoms with Gasteiger partial charge < -0.3 is 24.5 Å². The Morgan fingerprint density at radius 1 is 0.929 bits per heavy atom. The van der Waals surface area contributed by atoms with Crippen LogP contribution in [0.3, 0.4) is 0 Å². The fourth-order valence-electron chi connectivity index (χ4n) is 4.17. The number of benzene rings is 2. The summed E-state index contributed by atoms with van der Waals surface area (Å²) in [5, 5.41) is 9.51. The van der Waals surface area contributed by atoms with Crippen LogP contribution in [0.5, 0.6) is 5.75 Å². The number of quaternary nitrogens is 1. The lowest BCUT2D eigenvalue weighted by Gasteiger charge is -2.39. The van der Waals surface area contributed by atoms with Crippen LogP contribution in [0.1, 0.15) is 11.6 Å². The van der Waals surface area contributed by atoms with Crippen LogP contribution in [-0.2, 0) is 9.53 Å². The van der Waals surface area contributed by atoms with E-state index in [-0.39, 0.29) is 17.7 Å². The fourth-order valence-corrected chi connectivity index (χ4v) is 4.17. The van der Waals surface area contributed by atoms with Crippen molar-refractivity contribution < 1.29 is 19.5 Å². The monoisotopic (exact) mass is 382 g/mol. The largest absolute Gasteiger partial charge is 0.508 e. The van der Waals surface area contributed by atoms with Crippen molar-refractivity contribution in [2.75, 3.05) is 57.4 Å². The Labute approximate surface area is 165 Å². The summed E-state index contributed by atoms with van der Waals surface area (Å²) in [5.74, 6) is 0.496. The van der Waals surface area contributed by atoms with Crippen molar-refractivity contribution in [1.82, 2.24) is 4.90 Å². The number of anilines is 1. The molecule has 2 aromatic rings. The SMILES string of the molecule is O=C([C@@H](c1ccccc1)[NH+]1CCN(c2ccc(O)cc2)CC1)N1CCOCC1. The lowest BCUT2D eigenvalue weighted by Crippen LogP contribution is -3.16. The number of aromatic hydroxyl groups is 1. The van der Waals surface area contributed by atoms with Crippen molar-refractivity contribution in [1.29, 1.82) is 0 Å². The highest BCUT2D eigenvalue weighted by molar-refractivity contribution is 5.82. The van der Waals surface area contributed by atoms with Gasteiger partial charge in [0, 0.05) is 24.3 Å². The van der Waals surface area contributed by atoms with Crippen molar-refractivity contribution in [3.05, 3.63) is 60.2 Å². The van der Waals surface area contributed by atoms with Gasteiger partial charge in [-0.05, 0) is 24.3 Å². The van der Waals surface area contributed by atoms with Crippen molar-refractivity contribution >= 4 is 11.6 Å². The summed E-state index contributed by atoms with van der Waals surface area (Å²) in [6, 6.07) is 17.4. The Morgan fingerprint density at radius 3 is 2.21 bits per heavy atom. The molecule has 0 spiro atoms. The van der Waals surface area contributed by atoms with Crippen molar-refractivity contribution in [3.63, 3.8) is 0 Å². The van der Waals surface area contributed by atoms with E-state index >= 15 is 0 Å². The molecule has 0 aliphatic carbocycles. The molecule has 148 valence electrons. The molecule has 2 aromatic carbocycles.